The highest BCUT2D eigenvalue weighted by Crippen LogP contribution is 2.22. The third-order valence-corrected chi connectivity index (χ3v) is 3.50. The van der Waals surface area contributed by atoms with Crippen LogP contribution in [0.1, 0.15) is 27.2 Å². The van der Waals surface area contributed by atoms with E-state index in [9.17, 15) is 4.79 Å². The zero-order chi connectivity index (χ0) is 14.5. The number of aromatic nitrogens is 3. The van der Waals surface area contributed by atoms with Crippen LogP contribution >= 0.6 is 11.3 Å². The van der Waals surface area contributed by atoms with Gasteiger partial charge in [0.25, 0.3) is 5.56 Å². The first-order valence-electron chi connectivity index (χ1n) is 6.88. The summed E-state index contributed by atoms with van der Waals surface area (Å²) in [5.41, 5.74) is 1.49. The Bertz CT molecular complexity index is 618. The van der Waals surface area contributed by atoms with Crippen LogP contribution in [0.2, 0.25) is 0 Å². The molecule has 5 nitrogen and oxygen atoms in total. The molecule has 0 amide bonds. The number of hydrogen-bond acceptors (Lipinski definition) is 5. The van der Waals surface area contributed by atoms with E-state index in [1.165, 1.54) is 4.68 Å². The summed E-state index contributed by atoms with van der Waals surface area (Å²) in [6, 6.07) is 3.29. The molecule has 1 N–H and O–H groups in total. The van der Waals surface area contributed by atoms with Gasteiger partial charge in [-0.15, -0.1) is 11.3 Å². The van der Waals surface area contributed by atoms with Crippen LogP contribution in [-0.2, 0) is 6.54 Å². The highest BCUT2D eigenvalue weighted by atomic mass is 32.1. The van der Waals surface area contributed by atoms with Gasteiger partial charge in [-0.3, -0.25) is 4.79 Å². The highest BCUT2D eigenvalue weighted by Gasteiger charge is 2.08. The molecule has 0 spiro atoms. The van der Waals surface area contributed by atoms with Gasteiger partial charge in [-0.05, 0) is 18.4 Å². The second-order valence-corrected chi connectivity index (χ2v) is 5.96. The fourth-order valence-electron chi connectivity index (χ4n) is 1.77. The third kappa shape index (κ3) is 3.66. The second kappa shape index (κ2) is 6.65. The lowest BCUT2D eigenvalue weighted by Crippen LogP contribution is -2.24. The van der Waals surface area contributed by atoms with Crippen molar-refractivity contribution >= 4 is 16.5 Å². The van der Waals surface area contributed by atoms with Gasteiger partial charge in [0.2, 0.25) is 0 Å². The Labute approximate surface area is 122 Å². The Kier molecular flexibility index (Phi) is 4.89. The van der Waals surface area contributed by atoms with Crippen molar-refractivity contribution < 1.29 is 0 Å². The van der Waals surface area contributed by atoms with E-state index in [2.05, 4.69) is 36.2 Å². The molecule has 2 heterocycles. The summed E-state index contributed by atoms with van der Waals surface area (Å²) in [7, 11) is 0. The molecule has 0 aliphatic carbocycles. The molecule has 6 heteroatoms. The van der Waals surface area contributed by atoms with Crippen molar-refractivity contribution in [3.8, 4) is 11.4 Å². The van der Waals surface area contributed by atoms with E-state index in [0.717, 1.165) is 29.5 Å². The van der Waals surface area contributed by atoms with Crippen molar-refractivity contribution in [2.75, 3.05) is 11.9 Å². The molecule has 0 unspecified atom stereocenters. The minimum Gasteiger partial charge on any atom is -0.362 e. The van der Waals surface area contributed by atoms with Crippen molar-refractivity contribution in [1.82, 2.24) is 14.8 Å². The lowest BCUT2D eigenvalue weighted by molar-refractivity contribution is 0.465. The molecule has 0 bridgehead atoms. The van der Waals surface area contributed by atoms with E-state index in [-0.39, 0.29) is 5.56 Å². The van der Waals surface area contributed by atoms with Crippen LogP contribution in [0.3, 0.4) is 0 Å². The molecular weight excluding hydrogens is 272 g/mol. The molecule has 0 atom stereocenters. The Morgan fingerprint density at radius 3 is 2.85 bits per heavy atom. The maximum Gasteiger partial charge on any atom is 0.266 e. The SMILES string of the molecule is CCCNc1nc(-c2ccc(=O)n(CC(C)C)n2)cs1. The zero-order valence-corrected chi connectivity index (χ0v) is 12.9. The van der Waals surface area contributed by atoms with Crippen molar-refractivity contribution in [1.29, 1.82) is 0 Å². The fourth-order valence-corrected chi connectivity index (χ4v) is 2.50. The maximum absolute atomic E-state index is 11.8. The molecule has 0 saturated heterocycles. The molecule has 0 radical (unpaired) electrons. The van der Waals surface area contributed by atoms with Gasteiger partial charge < -0.3 is 5.32 Å². The van der Waals surface area contributed by atoms with Crippen LogP contribution in [0.25, 0.3) is 11.4 Å². The molecule has 0 aliphatic heterocycles. The molecule has 2 aromatic heterocycles. The standard InChI is InChI=1S/C14H20N4OS/c1-4-7-15-14-16-12(9-20-14)11-5-6-13(19)18(17-11)8-10(2)3/h5-6,9-10H,4,7-8H2,1-3H3,(H,15,16). The van der Waals surface area contributed by atoms with E-state index < -0.39 is 0 Å². The maximum atomic E-state index is 11.8. The van der Waals surface area contributed by atoms with Gasteiger partial charge in [0.05, 0.1) is 0 Å². The first kappa shape index (κ1) is 14.7. The normalized spacial score (nSPS) is 11.0. The summed E-state index contributed by atoms with van der Waals surface area (Å²) in [5, 5.41) is 10.5. The van der Waals surface area contributed by atoms with Crippen LogP contribution in [0.15, 0.2) is 22.3 Å². The van der Waals surface area contributed by atoms with E-state index in [0.29, 0.717) is 12.5 Å². The largest absolute Gasteiger partial charge is 0.362 e. The number of nitrogens with zero attached hydrogens (tertiary/aromatic N) is 3. The lowest BCUT2D eigenvalue weighted by Gasteiger charge is -2.08. The second-order valence-electron chi connectivity index (χ2n) is 5.10. The Morgan fingerprint density at radius 1 is 1.35 bits per heavy atom. The zero-order valence-electron chi connectivity index (χ0n) is 12.1. The molecule has 0 saturated carbocycles. The molecule has 2 rings (SSSR count). The summed E-state index contributed by atoms with van der Waals surface area (Å²) in [6.07, 6.45) is 1.06. The molecule has 0 aliphatic rings. The first-order chi connectivity index (χ1) is 9.60. The Hall–Kier alpha value is -1.69. The Balaban J connectivity index is 2.24. The molecule has 2 aromatic rings. The molecule has 0 fully saturated rings. The molecule has 20 heavy (non-hydrogen) atoms. The van der Waals surface area contributed by atoms with Crippen molar-refractivity contribution in [2.45, 2.75) is 33.7 Å². The molecule has 108 valence electrons. The van der Waals surface area contributed by atoms with Gasteiger partial charge in [-0.1, -0.05) is 20.8 Å². The van der Waals surface area contributed by atoms with E-state index in [4.69, 9.17) is 0 Å². The third-order valence-electron chi connectivity index (χ3n) is 2.70. The summed E-state index contributed by atoms with van der Waals surface area (Å²) >= 11 is 1.56. The number of thiazole rings is 1. The monoisotopic (exact) mass is 292 g/mol. The summed E-state index contributed by atoms with van der Waals surface area (Å²) in [5.74, 6) is 0.382. The highest BCUT2D eigenvalue weighted by molar-refractivity contribution is 7.14. The summed E-state index contributed by atoms with van der Waals surface area (Å²) < 4.78 is 1.51. The van der Waals surface area contributed by atoms with Gasteiger partial charge in [0.1, 0.15) is 11.4 Å². The van der Waals surface area contributed by atoms with Crippen LogP contribution in [0.5, 0.6) is 0 Å². The number of anilines is 1. The van der Waals surface area contributed by atoms with Gasteiger partial charge >= 0.3 is 0 Å². The van der Waals surface area contributed by atoms with Crippen LogP contribution in [0.4, 0.5) is 5.13 Å². The van der Waals surface area contributed by atoms with Gasteiger partial charge in [0.15, 0.2) is 5.13 Å². The fraction of sp³-hybridized carbons (Fsp3) is 0.500. The van der Waals surface area contributed by atoms with Gasteiger partial charge in [-0.2, -0.15) is 5.10 Å². The predicted octanol–water partition coefficient (Wildman–Crippen LogP) is 2.84. The van der Waals surface area contributed by atoms with Crippen LogP contribution < -0.4 is 10.9 Å². The number of nitrogens with one attached hydrogen (secondary N) is 1. The van der Waals surface area contributed by atoms with Crippen molar-refractivity contribution in [3.05, 3.63) is 27.9 Å². The number of hydrogen-bond donors (Lipinski definition) is 1. The van der Waals surface area contributed by atoms with Crippen LogP contribution in [0, 0.1) is 5.92 Å². The molecular formula is C14H20N4OS. The van der Waals surface area contributed by atoms with Crippen molar-refractivity contribution in [3.63, 3.8) is 0 Å². The van der Waals surface area contributed by atoms with Gasteiger partial charge in [0, 0.05) is 24.5 Å². The quantitative estimate of drug-likeness (QED) is 0.889. The van der Waals surface area contributed by atoms with Crippen LogP contribution in [-0.4, -0.2) is 21.3 Å². The minimum atomic E-state index is -0.0676. The molecule has 0 aromatic carbocycles. The van der Waals surface area contributed by atoms with E-state index in [1.807, 2.05) is 5.38 Å². The van der Waals surface area contributed by atoms with Gasteiger partial charge in [-0.25, -0.2) is 9.67 Å². The smallest absolute Gasteiger partial charge is 0.266 e. The average molecular weight is 292 g/mol. The summed E-state index contributed by atoms with van der Waals surface area (Å²) in [4.78, 5) is 16.3. The Morgan fingerprint density at radius 2 is 2.15 bits per heavy atom. The lowest BCUT2D eigenvalue weighted by atomic mass is 10.2. The van der Waals surface area contributed by atoms with E-state index >= 15 is 0 Å². The minimum absolute atomic E-state index is 0.0676. The first-order valence-corrected chi connectivity index (χ1v) is 7.76. The van der Waals surface area contributed by atoms with Crippen molar-refractivity contribution in [2.24, 2.45) is 5.92 Å². The summed E-state index contributed by atoms with van der Waals surface area (Å²) in [6.45, 7) is 7.78. The van der Waals surface area contributed by atoms with E-state index in [1.54, 1.807) is 23.5 Å². The predicted molar refractivity (Wildman–Crippen MR) is 83.2 cm³/mol. The number of rotatable bonds is 6. The topological polar surface area (TPSA) is 59.8 Å². The average Bonchev–Trinajstić information content (AvgIpc) is 2.87.